The van der Waals surface area contributed by atoms with Crippen molar-refractivity contribution in [1.82, 2.24) is 0 Å². The van der Waals surface area contributed by atoms with Crippen molar-refractivity contribution in [2.75, 3.05) is 26.2 Å². The van der Waals surface area contributed by atoms with Crippen molar-refractivity contribution in [2.24, 2.45) is 11.7 Å². The maximum absolute atomic E-state index is 8.89. The van der Waals surface area contributed by atoms with Crippen molar-refractivity contribution in [3.8, 4) is 0 Å². The highest BCUT2D eigenvalue weighted by Gasteiger charge is 2.24. The van der Waals surface area contributed by atoms with Crippen LogP contribution >= 0.6 is 0 Å². The molecule has 0 saturated carbocycles. The summed E-state index contributed by atoms with van der Waals surface area (Å²) in [7, 11) is 0. The summed E-state index contributed by atoms with van der Waals surface area (Å²) in [6.07, 6.45) is 11.1. The molecule has 5 nitrogen and oxygen atoms in total. The molecule has 5 heteroatoms. The van der Waals surface area contributed by atoms with Gasteiger partial charge < -0.3 is 14.4 Å². The molecule has 0 atom stereocenters. The van der Waals surface area contributed by atoms with Gasteiger partial charge in [-0.2, -0.15) is 0 Å². The first kappa shape index (κ1) is 27.2. The summed E-state index contributed by atoms with van der Waals surface area (Å²) in [4.78, 5) is 8.89. The first-order valence-electron chi connectivity index (χ1n) is 9.33. The molecule has 142 valence electrons. The third-order valence-corrected chi connectivity index (χ3v) is 3.94. The summed E-state index contributed by atoms with van der Waals surface area (Å²) in [6, 6.07) is 0. The van der Waals surface area contributed by atoms with E-state index in [1.54, 1.807) is 0 Å². The van der Waals surface area contributed by atoms with Gasteiger partial charge in [-0.1, -0.05) is 53.4 Å². The van der Waals surface area contributed by atoms with Crippen molar-refractivity contribution >= 4 is 5.97 Å². The summed E-state index contributed by atoms with van der Waals surface area (Å²) in [6.45, 7) is 16.0. The van der Waals surface area contributed by atoms with Crippen LogP contribution in [0.2, 0.25) is 0 Å². The van der Waals surface area contributed by atoms with Crippen LogP contribution in [0.1, 0.15) is 86.0 Å². The summed E-state index contributed by atoms with van der Waals surface area (Å²) >= 11 is 0. The van der Waals surface area contributed by atoms with Crippen LogP contribution in [0.5, 0.6) is 0 Å². The Kier molecular flexibility index (Phi) is 25.3. The zero-order chi connectivity index (χ0) is 18.6. The highest BCUT2D eigenvalue weighted by atomic mass is 16.4. The van der Waals surface area contributed by atoms with Gasteiger partial charge in [-0.05, 0) is 32.6 Å². The molecular formula is C18H43N3O2. The smallest absolute Gasteiger partial charge is 0.0786 e. The molecule has 0 aromatic carbocycles. The molecule has 0 aliphatic rings. The van der Waals surface area contributed by atoms with Crippen LogP contribution < -0.4 is 16.8 Å². The summed E-state index contributed by atoms with van der Waals surface area (Å²) in [5.41, 5.74) is 0. The number of carbonyl (C=O) groups excluding carboxylic acids is 1. The average Bonchev–Trinajstić information content (AvgIpc) is 2.55. The Morgan fingerprint density at radius 3 is 1.04 bits per heavy atom. The van der Waals surface area contributed by atoms with E-state index in [2.05, 4.69) is 39.4 Å². The van der Waals surface area contributed by atoms with Gasteiger partial charge >= 0.3 is 0 Å². The van der Waals surface area contributed by atoms with Crippen molar-refractivity contribution < 1.29 is 14.4 Å². The molecule has 0 bridgehead atoms. The molecule has 0 spiro atoms. The minimum atomic E-state index is -1.08. The van der Waals surface area contributed by atoms with Gasteiger partial charge in [0.1, 0.15) is 0 Å². The topological polar surface area (TPSA) is 92.2 Å². The monoisotopic (exact) mass is 333 g/mol. The van der Waals surface area contributed by atoms with Gasteiger partial charge in [0.2, 0.25) is 0 Å². The number of carbonyl (C=O) groups is 1. The van der Waals surface area contributed by atoms with Gasteiger partial charge in [0, 0.05) is 5.97 Å². The molecule has 0 unspecified atom stereocenters. The van der Waals surface area contributed by atoms with Crippen LogP contribution in [-0.2, 0) is 4.79 Å². The number of nitrogens with two attached hydrogens (primary N) is 2. The molecule has 0 aromatic rings. The van der Waals surface area contributed by atoms with Gasteiger partial charge in [0.05, 0.1) is 26.2 Å². The molecule has 0 radical (unpaired) electrons. The molecule has 0 rings (SSSR count). The fourth-order valence-electron chi connectivity index (χ4n) is 2.64. The minimum absolute atomic E-state index is 0.972. The zero-order valence-electron chi connectivity index (χ0n) is 16.4. The Morgan fingerprint density at radius 1 is 0.739 bits per heavy atom. The fourth-order valence-corrected chi connectivity index (χ4v) is 2.64. The molecule has 4 N–H and O–H groups in total. The SMILES string of the molecule is CC(=O)[O-].CCCC[N+](CCCC)(CCCC)CCCC.NN. The Labute approximate surface area is 145 Å². The number of unbranched alkanes of at least 4 members (excludes halogenated alkanes) is 4. The summed E-state index contributed by atoms with van der Waals surface area (Å²) in [5.74, 6) is 6.92. The largest absolute Gasteiger partial charge is 0.550 e. The van der Waals surface area contributed by atoms with E-state index in [0.717, 1.165) is 6.92 Å². The van der Waals surface area contributed by atoms with Gasteiger partial charge in [0.25, 0.3) is 0 Å². The van der Waals surface area contributed by atoms with Crippen molar-refractivity contribution in [3.63, 3.8) is 0 Å². The molecular weight excluding hydrogens is 290 g/mol. The van der Waals surface area contributed by atoms with Crippen LogP contribution in [0.25, 0.3) is 0 Å². The van der Waals surface area contributed by atoms with Crippen LogP contribution in [0.3, 0.4) is 0 Å². The normalized spacial score (nSPS) is 10.2. The van der Waals surface area contributed by atoms with Crippen LogP contribution in [0.15, 0.2) is 0 Å². The molecule has 0 aliphatic carbocycles. The fraction of sp³-hybridized carbons (Fsp3) is 0.944. The van der Waals surface area contributed by atoms with Crippen molar-refractivity contribution in [3.05, 3.63) is 0 Å². The number of carboxylic acids is 1. The third-order valence-electron chi connectivity index (χ3n) is 3.94. The van der Waals surface area contributed by atoms with Gasteiger partial charge in [-0.15, -0.1) is 0 Å². The molecule has 23 heavy (non-hydrogen) atoms. The second kappa shape index (κ2) is 21.4. The number of aliphatic carboxylic acids is 1. The Hall–Kier alpha value is -0.650. The molecule has 0 saturated heterocycles. The van der Waals surface area contributed by atoms with Gasteiger partial charge in [-0.3, -0.25) is 11.7 Å². The number of quaternary nitrogens is 1. The van der Waals surface area contributed by atoms with E-state index in [1.165, 1.54) is 82.0 Å². The second-order valence-electron chi connectivity index (χ2n) is 6.14. The predicted molar refractivity (Wildman–Crippen MR) is 98.4 cm³/mol. The zero-order valence-corrected chi connectivity index (χ0v) is 16.4. The summed E-state index contributed by atoms with van der Waals surface area (Å²) in [5, 5.41) is 8.89. The van der Waals surface area contributed by atoms with Crippen LogP contribution in [0.4, 0.5) is 0 Å². The second-order valence-corrected chi connectivity index (χ2v) is 6.14. The van der Waals surface area contributed by atoms with Crippen molar-refractivity contribution in [1.29, 1.82) is 0 Å². The van der Waals surface area contributed by atoms with Gasteiger partial charge in [0.15, 0.2) is 0 Å². The standard InChI is InChI=1S/C16H36N.C2H4O2.H4N2/c1-5-9-13-17(14-10-6-2,15-11-7-3)16-12-8-4;1-2(3)4;1-2/h5-16H2,1-4H3;1H3,(H,3,4);1-2H2/q+1;;/p-1. The summed E-state index contributed by atoms with van der Waals surface area (Å²) < 4.78 is 1.42. The maximum Gasteiger partial charge on any atom is 0.0786 e. The lowest BCUT2D eigenvalue weighted by Gasteiger charge is -2.39. The first-order valence-corrected chi connectivity index (χ1v) is 9.33. The number of carboxylic acid groups (broad SMARTS) is 1. The molecule has 0 aliphatic heterocycles. The molecule has 0 fully saturated rings. The number of hydrazine groups is 1. The Morgan fingerprint density at radius 2 is 0.913 bits per heavy atom. The predicted octanol–water partition coefficient (Wildman–Crippen LogP) is 2.58. The average molecular weight is 334 g/mol. The first-order chi connectivity index (χ1) is 11.0. The lowest BCUT2D eigenvalue weighted by Crippen LogP contribution is -2.50. The van der Waals surface area contributed by atoms with Gasteiger partial charge in [-0.25, -0.2) is 0 Å². The van der Waals surface area contributed by atoms with E-state index in [-0.39, 0.29) is 0 Å². The van der Waals surface area contributed by atoms with Crippen molar-refractivity contribution in [2.45, 2.75) is 86.0 Å². The Balaban J connectivity index is -0.000000574. The van der Waals surface area contributed by atoms with E-state index in [0.29, 0.717) is 0 Å². The van der Waals surface area contributed by atoms with E-state index in [4.69, 9.17) is 9.90 Å². The van der Waals surface area contributed by atoms with Crippen LogP contribution in [-0.4, -0.2) is 36.6 Å². The number of hydrogen-bond donors (Lipinski definition) is 2. The van der Waals surface area contributed by atoms with Crippen LogP contribution in [0, 0.1) is 0 Å². The lowest BCUT2D eigenvalue weighted by molar-refractivity contribution is -0.929. The molecule has 0 heterocycles. The van der Waals surface area contributed by atoms with E-state index < -0.39 is 5.97 Å². The molecule has 0 aromatic heterocycles. The van der Waals surface area contributed by atoms with E-state index in [9.17, 15) is 0 Å². The number of hydrogen-bond acceptors (Lipinski definition) is 4. The highest BCUT2D eigenvalue weighted by Crippen LogP contribution is 2.16. The maximum atomic E-state index is 8.89. The Bertz CT molecular complexity index is 195. The van der Waals surface area contributed by atoms with E-state index >= 15 is 0 Å². The third kappa shape index (κ3) is 21.4. The number of nitrogens with zero attached hydrogens (tertiary/aromatic N) is 1. The lowest BCUT2D eigenvalue weighted by atomic mass is 10.1. The minimum Gasteiger partial charge on any atom is -0.550 e. The molecule has 0 amide bonds. The highest BCUT2D eigenvalue weighted by molar-refractivity contribution is 5.60. The quantitative estimate of drug-likeness (QED) is 0.326. The van der Waals surface area contributed by atoms with E-state index in [1.807, 2.05) is 0 Å². The number of rotatable bonds is 12.